The van der Waals surface area contributed by atoms with E-state index in [-0.39, 0.29) is 28.3 Å². The van der Waals surface area contributed by atoms with Crippen LogP contribution >= 0.6 is 11.6 Å². The minimum Gasteiger partial charge on any atom is -0.505 e. The molecular formula is C14H10ClN3O2. The van der Waals surface area contributed by atoms with E-state index in [0.717, 1.165) is 0 Å². The normalized spacial score (nSPS) is 9.80. The second kappa shape index (κ2) is 5.51. The number of amides is 1. The fraction of sp³-hybridized carbons (Fsp3) is 0. The predicted octanol–water partition coefficient (Wildman–Crippen LogP) is 2.75. The highest BCUT2D eigenvalue weighted by Gasteiger charge is 2.14. The summed E-state index contributed by atoms with van der Waals surface area (Å²) in [5, 5.41) is 21.6. The molecule has 0 radical (unpaired) electrons. The SMILES string of the molecule is N#Cc1ccc(Cl)cc1NC(=O)c1cccc(N)c1O. The van der Waals surface area contributed by atoms with Crippen molar-refractivity contribution in [1.29, 1.82) is 5.26 Å². The van der Waals surface area contributed by atoms with E-state index < -0.39 is 5.91 Å². The van der Waals surface area contributed by atoms with Crippen molar-refractivity contribution in [2.75, 3.05) is 11.1 Å². The Hall–Kier alpha value is -2.71. The van der Waals surface area contributed by atoms with E-state index in [9.17, 15) is 9.90 Å². The summed E-state index contributed by atoms with van der Waals surface area (Å²) in [7, 11) is 0. The summed E-state index contributed by atoms with van der Waals surface area (Å²) >= 11 is 5.83. The molecule has 4 N–H and O–H groups in total. The summed E-state index contributed by atoms with van der Waals surface area (Å²) in [4.78, 5) is 12.1. The van der Waals surface area contributed by atoms with Gasteiger partial charge in [0, 0.05) is 5.02 Å². The number of carbonyl (C=O) groups excluding carboxylic acids is 1. The Bertz CT molecular complexity index is 723. The fourth-order valence-corrected chi connectivity index (χ4v) is 1.82. The molecule has 2 aromatic carbocycles. The molecule has 0 aromatic heterocycles. The van der Waals surface area contributed by atoms with Gasteiger partial charge in [0.1, 0.15) is 6.07 Å². The maximum absolute atomic E-state index is 12.1. The second-order valence-electron chi connectivity index (χ2n) is 4.00. The number of benzene rings is 2. The van der Waals surface area contributed by atoms with Gasteiger partial charge in [-0.25, -0.2) is 0 Å². The van der Waals surface area contributed by atoms with E-state index in [1.54, 1.807) is 12.1 Å². The van der Waals surface area contributed by atoms with Crippen molar-refractivity contribution < 1.29 is 9.90 Å². The first kappa shape index (κ1) is 13.7. The Labute approximate surface area is 120 Å². The van der Waals surface area contributed by atoms with Gasteiger partial charge in [0.2, 0.25) is 0 Å². The Balaban J connectivity index is 2.35. The van der Waals surface area contributed by atoms with Crippen LogP contribution in [-0.4, -0.2) is 11.0 Å². The molecule has 100 valence electrons. The predicted molar refractivity (Wildman–Crippen MR) is 76.6 cm³/mol. The van der Waals surface area contributed by atoms with Gasteiger partial charge in [-0.05, 0) is 30.3 Å². The number of nitriles is 1. The van der Waals surface area contributed by atoms with Crippen LogP contribution in [-0.2, 0) is 0 Å². The minimum atomic E-state index is -0.575. The molecule has 0 aliphatic heterocycles. The first-order valence-electron chi connectivity index (χ1n) is 5.61. The lowest BCUT2D eigenvalue weighted by Crippen LogP contribution is -2.13. The van der Waals surface area contributed by atoms with Gasteiger partial charge < -0.3 is 16.2 Å². The van der Waals surface area contributed by atoms with Crippen molar-refractivity contribution in [2.45, 2.75) is 0 Å². The van der Waals surface area contributed by atoms with Gasteiger partial charge in [0.15, 0.2) is 5.75 Å². The van der Waals surface area contributed by atoms with Crippen molar-refractivity contribution in [1.82, 2.24) is 0 Å². The molecule has 0 spiro atoms. The number of rotatable bonds is 2. The second-order valence-corrected chi connectivity index (χ2v) is 4.44. The van der Waals surface area contributed by atoms with Crippen molar-refractivity contribution in [3.05, 3.63) is 52.5 Å². The summed E-state index contributed by atoms with van der Waals surface area (Å²) < 4.78 is 0. The van der Waals surface area contributed by atoms with Gasteiger partial charge in [-0.15, -0.1) is 0 Å². The highest BCUT2D eigenvalue weighted by atomic mass is 35.5. The van der Waals surface area contributed by atoms with E-state index in [0.29, 0.717) is 5.02 Å². The van der Waals surface area contributed by atoms with Crippen molar-refractivity contribution in [2.24, 2.45) is 0 Å². The standard InChI is InChI=1S/C14H10ClN3O2/c15-9-5-4-8(7-16)12(6-9)18-14(20)10-2-1-3-11(17)13(10)19/h1-6,19H,17H2,(H,18,20). The molecule has 0 heterocycles. The summed E-state index contributed by atoms with van der Waals surface area (Å²) in [5.41, 5.74) is 6.19. The van der Waals surface area contributed by atoms with E-state index in [2.05, 4.69) is 5.32 Å². The quantitative estimate of drug-likeness (QED) is 0.584. The summed E-state index contributed by atoms with van der Waals surface area (Å²) in [6, 6.07) is 10.9. The van der Waals surface area contributed by atoms with Crippen molar-refractivity contribution >= 4 is 28.9 Å². The number of anilines is 2. The van der Waals surface area contributed by atoms with E-state index >= 15 is 0 Å². The number of phenolic OH excluding ortho intramolecular Hbond substituents is 1. The number of aromatic hydroxyl groups is 1. The number of hydrogen-bond acceptors (Lipinski definition) is 4. The van der Waals surface area contributed by atoms with E-state index in [1.165, 1.54) is 24.3 Å². The van der Waals surface area contributed by atoms with Crippen LogP contribution < -0.4 is 11.1 Å². The van der Waals surface area contributed by atoms with Crippen molar-refractivity contribution in [3.63, 3.8) is 0 Å². The van der Waals surface area contributed by atoms with Gasteiger partial charge in [0.05, 0.1) is 22.5 Å². The molecule has 0 saturated carbocycles. The number of nitrogens with two attached hydrogens (primary N) is 1. The van der Waals surface area contributed by atoms with E-state index in [4.69, 9.17) is 22.6 Å². The monoisotopic (exact) mass is 287 g/mol. The fourth-order valence-electron chi connectivity index (χ4n) is 1.65. The highest BCUT2D eigenvalue weighted by molar-refractivity contribution is 6.31. The average molecular weight is 288 g/mol. The zero-order chi connectivity index (χ0) is 14.7. The largest absolute Gasteiger partial charge is 0.505 e. The lowest BCUT2D eigenvalue weighted by atomic mass is 10.1. The number of carbonyl (C=O) groups is 1. The van der Waals surface area contributed by atoms with Crippen LogP contribution in [0.25, 0.3) is 0 Å². The molecule has 0 aliphatic carbocycles. The number of nitrogens with one attached hydrogen (secondary N) is 1. The highest BCUT2D eigenvalue weighted by Crippen LogP contribution is 2.26. The first-order valence-corrected chi connectivity index (χ1v) is 5.99. The number of nitrogens with zero attached hydrogens (tertiary/aromatic N) is 1. The number of para-hydroxylation sites is 1. The molecule has 0 saturated heterocycles. The van der Waals surface area contributed by atoms with Crippen LogP contribution in [0.1, 0.15) is 15.9 Å². The van der Waals surface area contributed by atoms with Crippen LogP contribution in [0.4, 0.5) is 11.4 Å². The average Bonchev–Trinajstić information content (AvgIpc) is 2.42. The Morgan fingerprint density at radius 1 is 1.35 bits per heavy atom. The lowest BCUT2D eigenvalue weighted by Gasteiger charge is -2.09. The molecule has 0 atom stereocenters. The van der Waals surface area contributed by atoms with E-state index in [1.807, 2.05) is 6.07 Å². The molecule has 2 aromatic rings. The first-order chi connectivity index (χ1) is 9.52. The van der Waals surface area contributed by atoms with Gasteiger partial charge in [-0.1, -0.05) is 17.7 Å². The Morgan fingerprint density at radius 3 is 2.80 bits per heavy atom. The van der Waals surface area contributed by atoms with Gasteiger partial charge >= 0.3 is 0 Å². The number of halogens is 1. The smallest absolute Gasteiger partial charge is 0.259 e. The Kier molecular flexibility index (Phi) is 3.78. The molecule has 0 bridgehead atoms. The molecule has 0 aliphatic rings. The molecule has 0 fully saturated rings. The Morgan fingerprint density at radius 2 is 2.10 bits per heavy atom. The van der Waals surface area contributed by atoms with Crippen LogP contribution in [0.2, 0.25) is 5.02 Å². The maximum Gasteiger partial charge on any atom is 0.259 e. The third-order valence-corrected chi connectivity index (χ3v) is 2.90. The van der Waals surface area contributed by atoms with Gasteiger partial charge in [-0.3, -0.25) is 4.79 Å². The molecule has 0 unspecified atom stereocenters. The van der Waals surface area contributed by atoms with Crippen molar-refractivity contribution in [3.8, 4) is 11.8 Å². The molecule has 1 amide bonds. The zero-order valence-electron chi connectivity index (χ0n) is 10.2. The number of hydrogen-bond donors (Lipinski definition) is 3. The number of nitrogen functional groups attached to an aromatic ring is 1. The van der Waals surface area contributed by atoms with Gasteiger partial charge in [-0.2, -0.15) is 5.26 Å². The topological polar surface area (TPSA) is 99.1 Å². The number of phenols is 1. The van der Waals surface area contributed by atoms with Crippen LogP contribution in [0, 0.1) is 11.3 Å². The molecule has 6 heteroatoms. The van der Waals surface area contributed by atoms with Crippen LogP contribution in [0.3, 0.4) is 0 Å². The van der Waals surface area contributed by atoms with Gasteiger partial charge in [0.25, 0.3) is 5.91 Å². The molecule has 2 rings (SSSR count). The third kappa shape index (κ3) is 2.66. The molecule has 20 heavy (non-hydrogen) atoms. The molecular weight excluding hydrogens is 278 g/mol. The zero-order valence-corrected chi connectivity index (χ0v) is 11.0. The minimum absolute atomic E-state index is 0.0221. The summed E-state index contributed by atoms with van der Waals surface area (Å²) in [5.74, 6) is -0.876. The molecule has 5 nitrogen and oxygen atoms in total. The lowest BCUT2D eigenvalue weighted by molar-refractivity contribution is 0.102. The van der Waals surface area contributed by atoms with Crippen LogP contribution in [0.5, 0.6) is 5.75 Å². The third-order valence-electron chi connectivity index (χ3n) is 2.66. The van der Waals surface area contributed by atoms with Crippen LogP contribution in [0.15, 0.2) is 36.4 Å². The summed E-state index contributed by atoms with van der Waals surface area (Å²) in [6.45, 7) is 0. The maximum atomic E-state index is 12.1. The summed E-state index contributed by atoms with van der Waals surface area (Å²) in [6.07, 6.45) is 0.